The molecule has 0 N–H and O–H groups in total. The lowest BCUT2D eigenvalue weighted by molar-refractivity contribution is -0.132. The molecule has 2 aliphatic rings. The summed E-state index contributed by atoms with van der Waals surface area (Å²) in [6, 6.07) is 0. The lowest BCUT2D eigenvalue weighted by atomic mass is 9.96. The van der Waals surface area contributed by atoms with Gasteiger partial charge in [-0.3, -0.25) is 9.48 Å². The predicted octanol–water partition coefficient (Wildman–Crippen LogP) is 2.47. The lowest BCUT2D eigenvalue weighted by Crippen LogP contribution is -2.41. The van der Waals surface area contributed by atoms with Gasteiger partial charge < -0.3 is 14.2 Å². The molecule has 3 heterocycles. The Bertz CT molecular complexity index is 809. The van der Waals surface area contributed by atoms with E-state index in [4.69, 9.17) is 9.26 Å². The van der Waals surface area contributed by atoms with Crippen LogP contribution in [0.3, 0.4) is 0 Å². The van der Waals surface area contributed by atoms with Crippen molar-refractivity contribution in [3.8, 4) is 0 Å². The first-order valence-electron chi connectivity index (χ1n) is 10.3. The molecular formula is C20H29N5O3. The quantitative estimate of drug-likeness (QED) is 0.725. The number of hydrogen-bond donors (Lipinski definition) is 0. The van der Waals surface area contributed by atoms with Gasteiger partial charge in [-0.2, -0.15) is 10.1 Å². The standard InChI is InChI=1S/C20H29N5O3/c1-3-27-13-17-12-24(19(26)8-18-22-14(2)23-28-18)11-16-9-21-25(20(16)17)10-15-6-4-5-7-15/h9,15,17H,3-8,10-13H2,1-2H3/t17-/m1/s1. The molecule has 8 nitrogen and oxygen atoms in total. The summed E-state index contributed by atoms with van der Waals surface area (Å²) < 4.78 is 13.0. The maximum atomic E-state index is 12.8. The Balaban J connectivity index is 1.51. The molecule has 152 valence electrons. The van der Waals surface area contributed by atoms with E-state index in [1.54, 1.807) is 6.92 Å². The van der Waals surface area contributed by atoms with E-state index in [1.165, 1.54) is 31.4 Å². The minimum absolute atomic E-state index is 0.000610. The first-order chi connectivity index (χ1) is 13.6. The normalized spacial score (nSPS) is 19.9. The van der Waals surface area contributed by atoms with Crippen LogP contribution in [0.1, 0.15) is 61.5 Å². The molecule has 1 aliphatic carbocycles. The highest BCUT2D eigenvalue weighted by Gasteiger charge is 2.33. The first kappa shape index (κ1) is 19.1. The topological polar surface area (TPSA) is 86.3 Å². The third-order valence-electron chi connectivity index (χ3n) is 5.80. The second-order valence-electron chi connectivity index (χ2n) is 7.93. The molecule has 1 atom stereocenters. The Kier molecular flexibility index (Phi) is 5.75. The van der Waals surface area contributed by atoms with Crippen molar-refractivity contribution in [2.24, 2.45) is 5.92 Å². The number of rotatable bonds is 7. The van der Waals surface area contributed by atoms with E-state index in [-0.39, 0.29) is 18.2 Å². The summed E-state index contributed by atoms with van der Waals surface area (Å²) in [6.45, 7) is 7.21. The molecule has 0 spiro atoms. The molecule has 0 bridgehead atoms. The van der Waals surface area contributed by atoms with Crippen LogP contribution in [0.25, 0.3) is 0 Å². The average Bonchev–Trinajstić information content (AvgIpc) is 3.42. The van der Waals surface area contributed by atoms with E-state index in [0.717, 1.165) is 18.0 Å². The molecule has 0 saturated heterocycles. The van der Waals surface area contributed by atoms with Gasteiger partial charge in [0, 0.05) is 37.7 Å². The number of nitrogens with zero attached hydrogens (tertiary/aromatic N) is 5. The zero-order valence-electron chi connectivity index (χ0n) is 16.8. The minimum Gasteiger partial charge on any atom is -0.381 e. The minimum atomic E-state index is -0.000610. The SMILES string of the molecule is CCOC[C@H]1CN(C(=O)Cc2nc(C)no2)Cc2cnn(CC3CCCC3)c21. The maximum absolute atomic E-state index is 12.8. The van der Waals surface area contributed by atoms with Crippen molar-refractivity contribution in [1.82, 2.24) is 24.8 Å². The molecule has 1 aliphatic heterocycles. The van der Waals surface area contributed by atoms with Crippen LogP contribution in [0.4, 0.5) is 0 Å². The zero-order valence-corrected chi connectivity index (χ0v) is 16.8. The molecule has 1 amide bonds. The summed E-state index contributed by atoms with van der Waals surface area (Å²) in [5.41, 5.74) is 2.38. The predicted molar refractivity (Wildman–Crippen MR) is 102 cm³/mol. The fraction of sp³-hybridized carbons (Fsp3) is 0.700. The van der Waals surface area contributed by atoms with Gasteiger partial charge >= 0.3 is 0 Å². The van der Waals surface area contributed by atoms with Gasteiger partial charge in [-0.1, -0.05) is 18.0 Å². The third kappa shape index (κ3) is 4.11. The van der Waals surface area contributed by atoms with Crippen LogP contribution in [0.15, 0.2) is 10.7 Å². The molecule has 28 heavy (non-hydrogen) atoms. The van der Waals surface area contributed by atoms with Crippen molar-refractivity contribution in [1.29, 1.82) is 0 Å². The molecular weight excluding hydrogens is 358 g/mol. The van der Waals surface area contributed by atoms with Gasteiger partial charge in [0.05, 0.1) is 18.5 Å². The number of aryl methyl sites for hydroxylation is 1. The third-order valence-corrected chi connectivity index (χ3v) is 5.80. The highest BCUT2D eigenvalue weighted by Crippen LogP contribution is 2.32. The van der Waals surface area contributed by atoms with Crippen LogP contribution in [0.2, 0.25) is 0 Å². The lowest BCUT2D eigenvalue weighted by Gasteiger charge is -2.33. The monoisotopic (exact) mass is 387 g/mol. The molecule has 2 aromatic heterocycles. The van der Waals surface area contributed by atoms with Crippen molar-refractivity contribution in [3.63, 3.8) is 0 Å². The smallest absolute Gasteiger partial charge is 0.236 e. The number of fused-ring (bicyclic) bond motifs is 1. The fourth-order valence-electron chi connectivity index (χ4n) is 4.47. The van der Waals surface area contributed by atoms with E-state index in [0.29, 0.717) is 38.0 Å². The molecule has 0 aromatic carbocycles. The van der Waals surface area contributed by atoms with Crippen molar-refractivity contribution in [2.45, 2.75) is 65.0 Å². The van der Waals surface area contributed by atoms with Gasteiger partial charge in [-0.15, -0.1) is 0 Å². The molecule has 4 rings (SSSR count). The van der Waals surface area contributed by atoms with Crippen LogP contribution in [0.5, 0.6) is 0 Å². The molecule has 0 radical (unpaired) electrons. The Morgan fingerprint density at radius 3 is 2.89 bits per heavy atom. The van der Waals surface area contributed by atoms with Crippen molar-refractivity contribution in [2.75, 3.05) is 19.8 Å². The summed E-state index contributed by atoms with van der Waals surface area (Å²) in [7, 11) is 0. The Hall–Kier alpha value is -2.22. The highest BCUT2D eigenvalue weighted by molar-refractivity contribution is 5.78. The van der Waals surface area contributed by atoms with Gasteiger partial charge in [0.15, 0.2) is 5.82 Å². The van der Waals surface area contributed by atoms with E-state index >= 15 is 0 Å². The van der Waals surface area contributed by atoms with Crippen molar-refractivity contribution < 1.29 is 14.1 Å². The van der Waals surface area contributed by atoms with Gasteiger partial charge in [-0.25, -0.2) is 0 Å². The van der Waals surface area contributed by atoms with E-state index in [1.807, 2.05) is 18.0 Å². The van der Waals surface area contributed by atoms with Crippen LogP contribution >= 0.6 is 0 Å². The molecule has 1 saturated carbocycles. The van der Waals surface area contributed by atoms with E-state index in [9.17, 15) is 4.79 Å². The van der Waals surface area contributed by atoms with Gasteiger partial charge in [0.25, 0.3) is 0 Å². The summed E-state index contributed by atoms with van der Waals surface area (Å²) in [4.78, 5) is 18.8. The number of carbonyl (C=O) groups is 1. The van der Waals surface area contributed by atoms with Crippen LogP contribution in [0, 0.1) is 12.8 Å². The number of aromatic nitrogens is 4. The maximum Gasteiger partial charge on any atom is 0.236 e. The number of carbonyl (C=O) groups excluding carboxylic acids is 1. The van der Waals surface area contributed by atoms with Crippen molar-refractivity contribution in [3.05, 3.63) is 29.2 Å². The largest absolute Gasteiger partial charge is 0.381 e. The van der Waals surface area contributed by atoms with Gasteiger partial charge in [0.1, 0.15) is 6.42 Å². The zero-order chi connectivity index (χ0) is 19.5. The summed E-state index contributed by atoms with van der Waals surface area (Å²) in [6.07, 6.45) is 7.30. The molecule has 2 aromatic rings. The fourth-order valence-corrected chi connectivity index (χ4v) is 4.47. The van der Waals surface area contributed by atoms with Gasteiger partial charge in [-0.05, 0) is 32.6 Å². The van der Waals surface area contributed by atoms with Crippen LogP contribution in [-0.2, 0) is 29.0 Å². The molecule has 1 fully saturated rings. The number of ether oxygens (including phenoxy) is 1. The second-order valence-corrected chi connectivity index (χ2v) is 7.93. The average molecular weight is 387 g/mol. The Labute approximate surface area is 165 Å². The van der Waals surface area contributed by atoms with Gasteiger partial charge in [0.2, 0.25) is 11.8 Å². The first-order valence-corrected chi connectivity index (χ1v) is 10.3. The van der Waals surface area contributed by atoms with E-state index < -0.39 is 0 Å². The summed E-state index contributed by atoms with van der Waals surface area (Å²) in [5.74, 6) is 1.77. The van der Waals surface area contributed by atoms with E-state index in [2.05, 4.69) is 19.9 Å². The Morgan fingerprint density at radius 2 is 2.18 bits per heavy atom. The summed E-state index contributed by atoms with van der Waals surface area (Å²) >= 11 is 0. The summed E-state index contributed by atoms with van der Waals surface area (Å²) in [5, 5.41) is 8.45. The highest BCUT2D eigenvalue weighted by atomic mass is 16.5. The molecule has 8 heteroatoms. The second kappa shape index (κ2) is 8.43. The van der Waals surface area contributed by atoms with Crippen molar-refractivity contribution >= 4 is 5.91 Å². The van der Waals surface area contributed by atoms with Crippen LogP contribution < -0.4 is 0 Å². The number of hydrogen-bond acceptors (Lipinski definition) is 6. The number of amides is 1. The molecule has 0 unspecified atom stereocenters. The van der Waals surface area contributed by atoms with Crippen LogP contribution in [-0.4, -0.2) is 50.5 Å². The Morgan fingerprint density at radius 1 is 1.36 bits per heavy atom.